The van der Waals surface area contributed by atoms with Gasteiger partial charge in [0, 0.05) is 21.5 Å². The van der Waals surface area contributed by atoms with Gasteiger partial charge in [0.15, 0.2) is 0 Å². The molecule has 0 aliphatic rings. The van der Waals surface area contributed by atoms with Gasteiger partial charge >= 0.3 is 12.1 Å². The Morgan fingerprint density at radius 3 is 2.50 bits per heavy atom. The topological polar surface area (TPSA) is 66.4 Å². The fourth-order valence-electron chi connectivity index (χ4n) is 2.20. The second-order valence-corrected chi connectivity index (χ2v) is 6.67. The molecule has 0 saturated carbocycles. The van der Waals surface area contributed by atoms with Crippen molar-refractivity contribution < 1.29 is 27.9 Å². The van der Waals surface area contributed by atoms with Crippen molar-refractivity contribution in [3.63, 3.8) is 0 Å². The Hall–Kier alpha value is -2.06. The molecule has 0 fully saturated rings. The van der Waals surface area contributed by atoms with Crippen LogP contribution >= 0.6 is 27.5 Å². The number of alkyl halides is 3. The van der Waals surface area contributed by atoms with Gasteiger partial charge in [-0.1, -0.05) is 33.6 Å². The van der Waals surface area contributed by atoms with E-state index >= 15 is 0 Å². The molecule has 138 valence electrons. The Bertz CT molecular complexity index is 842. The molecule has 0 heterocycles. The molecule has 2 rings (SSSR count). The number of benzene rings is 2. The summed E-state index contributed by atoms with van der Waals surface area (Å²) in [6, 6.07) is 7.19. The quantitative estimate of drug-likeness (QED) is 0.702. The molecule has 0 saturated heterocycles. The Morgan fingerprint density at radius 1 is 1.19 bits per heavy atom. The number of carbonyl (C=O) groups excluding carboxylic acids is 1. The molecule has 1 atom stereocenters. The Kier molecular flexibility index (Phi) is 6.30. The monoisotopic (exact) mass is 449 g/mol. The van der Waals surface area contributed by atoms with Gasteiger partial charge in [-0.3, -0.25) is 4.79 Å². The Labute approximate surface area is 160 Å². The fourth-order valence-corrected chi connectivity index (χ4v) is 2.80. The number of carbonyl (C=O) groups is 2. The van der Waals surface area contributed by atoms with Gasteiger partial charge in [0.1, 0.15) is 6.04 Å². The number of carboxylic acids is 1. The van der Waals surface area contributed by atoms with Crippen molar-refractivity contribution in [2.24, 2.45) is 0 Å². The van der Waals surface area contributed by atoms with E-state index in [4.69, 9.17) is 11.6 Å². The van der Waals surface area contributed by atoms with Crippen LogP contribution in [0.4, 0.5) is 13.2 Å². The summed E-state index contributed by atoms with van der Waals surface area (Å²) in [7, 11) is 0. The molecule has 2 aromatic carbocycles. The van der Waals surface area contributed by atoms with Crippen LogP contribution in [0.15, 0.2) is 46.9 Å². The van der Waals surface area contributed by atoms with Crippen molar-refractivity contribution in [3.8, 4) is 0 Å². The first-order chi connectivity index (χ1) is 12.1. The van der Waals surface area contributed by atoms with E-state index < -0.39 is 29.7 Å². The van der Waals surface area contributed by atoms with E-state index in [2.05, 4.69) is 21.2 Å². The summed E-state index contributed by atoms with van der Waals surface area (Å²) in [5, 5.41) is 12.0. The smallest absolute Gasteiger partial charge is 0.416 e. The number of amides is 1. The van der Waals surface area contributed by atoms with Crippen molar-refractivity contribution in [1.82, 2.24) is 5.32 Å². The first kappa shape index (κ1) is 20.3. The van der Waals surface area contributed by atoms with E-state index in [1.165, 1.54) is 12.1 Å². The molecule has 0 bridgehead atoms. The van der Waals surface area contributed by atoms with Crippen LogP contribution in [-0.4, -0.2) is 23.0 Å². The van der Waals surface area contributed by atoms with Crippen LogP contribution in [0.5, 0.6) is 0 Å². The highest BCUT2D eigenvalue weighted by atomic mass is 79.9. The molecule has 2 N–H and O–H groups in total. The van der Waals surface area contributed by atoms with Crippen LogP contribution in [0.2, 0.25) is 5.02 Å². The van der Waals surface area contributed by atoms with Crippen LogP contribution < -0.4 is 5.32 Å². The second-order valence-electron chi connectivity index (χ2n) is 5.38. The summed E-state index contributed by atoms with van der Waals surface area (Å²) in [4.78, 5) is 23.7. The molecule has 2 aromatic rings. The molecule has 0 aliphatic carbocycles. The maximum atomic E-state index is 12.7. The third kappa shape index (κ3) is 5.22. The third-order valence-electron chi connectivity index (χ3n) is 3.49. The fraction of sp³-hybridized carbons (Fsp3) is 0.176. The number of carboxylic acid groups (broad SMARTS) is 1. The Balaban J connectivity index is 2.21. The van der Waals surface area contributed by atoms with E-state index in [-0.39, 0.29) is 12.0 Å². The van der Waals surface area contributed by atoms with E-state index in [0.29, 0.717) is 21.1 Å². The molecular formula is C17H12BrClF3NO3. The van der Waals surface area contributed by atoms with Gasteiger partial charge in [0.25, 0.3) is 5.91 Å². The highest BCUT2D eigenvalue weighted by Crippen LogP contribution is 2.29. The number of halogens is 5. The molecular weight excluding hydrogens is 439 g/mol. The normalized spacial score (nSPS) is 12.5. The SMILES string of the molecule is O=C(N[C@@H](Cc1cc(Cl)ccc1Br)C(=O)O)c1cccc(C(F)(F)F)c1. The lowest BCUT2D eigenvalue weighted by Gasteiger charge is -2.16. The van der Waals surface area contributed by atoms with Crippen LogP contribution in [-0.2, 0) is 17.4 Å². The first-order valence-electron chi connectivity index (χ1n) is 7.23. The molecule has 4 nitrogen and oxygen atoms in total. The summed E-state index contributed by atoms with van der Waals surface area (Å²) in [5.74, 6) is -2.24. The lowest BCUT2D eigenvalue weighted by molar-refractivity contribution is -0.139. The highest BCUT2D eigenvalue weighted by molar-refractivity contribution is 9.10. The van der Waals surface area contributed by atoms with Crippen molar-refractivity contribution in [1.29, 1.82) is 0 Å². The molecule has 26 heavy (non-hydrogen) atoms. The largest absolute Gasteiger partial charge is 0.480 e. The van der Waals surface area contributed by atoms with E-state index in [0.717, 1.165) is 12.1 Å². The molecule has 0 aromatic heterocycles. The maximum Gasteiger partial charge on any atom is 0.416 e. The predicted molar refractivity (Wildman–Crippen MR) is 93.2 cm³/mol. The van der Waals surface area contributed by atoms with Gasteiger partial charge in [0.05, 0.1) is 5.56 Å². The van der Waals surface area contributed by atoms with Crippen LogP contribution in [0.25, 0.3) is 0 Å². The van der Waals surface area contributed by atoms with Gasteiger partial charge in [-0.15, -0.1) is 0 Å². The lowest BCUT2D eigenvalue weighted by atomic mass is 10.0. The van der Waals surface area contributed by atoms with Crippen LogP contribution in [0.1, 0.15) is 21.5 Å². The van der Waals surface area contributed by atoms with Crippen LogP contribution in [0.3, 0.4) is 0 Å². The maximum absolute atomic E-state index is 12.7. The van der Waals surface area contributed by atoms with E-state index in [1.54, 1.807) is 12.1 Å². The first-order valence-corrected chi connectivity index (χ1v) is 8.40. The molecule has 0 unspecified atom stereocenters. The minimum atomic E-state index is -4.60. The summed E-state index contributed by atoms with van der Waals surface area (Å²) in [6.07, 6.45) is -4.70. The summed E-state index contributed by atoms with van der Waals surface area (Å²) >= 11 is 9.14. The summed E-state index contributed by atoms with van der Waals surface area (Å²) in [6.45, 7) is 0. The zero-order chi connectivity index (χ0) is 19.5. The van der Waals surface area contributed by atoms with Gasteiger partial charge in [-0.25, -0.2) is 4.79 Å². The zero-order valence-corrected chi connectivity index (χ0v) is 15.3. The molecule has 1 amide bonds. The minimum Gasteiger partial charge on any atom is -0.480 e. The molecule has 0 radical (unpaired) electrons. The van der Waals surface area contributed by atoms with Gasteiger partial charge in [-0.05, 0) is 42.0 Å². The number of aliphatic carboxylic acids is 1. The van der Waals surface area contributed by atoms with E-state index in [1.807, 2.05) is 0 Å². The Morgan fingerprint density at radius 2 is 1.88 bits per heavy atom. The van der Waals surface area contributed by atoms with Crippen molar-refractivity contribution in [3.05, 3.63) is 68.7 Å². The average Bonchev–Trinajstić information content (AvgIpc) is 2.56. The van der Waals surface area contributed by atoms with Crippen LogP contribution in [0, 0.1) is 0 Å². The van der Waals surface area contributed by atoms with Crippen molar-refractivity contribution in [2.75, 3.05) is 0 Å². The number of nitrogens with one attached hydrogen (secondary N) is 1. The molecule has 0 aliphatic heterocycles. The minimum absolute atomic E-state index is 0.0961. The lowest BCUT2D eigenvalue weighted by Crippen LogP contribution is -2.42. The van der Waals surface area contributed by atoms with Gasteiger partial charge < -0.3 is 10.4 Å². The second kappa shape index (κ2) is 8.09. The molecule has 9 heteroatoms. The van der Waals surface area contributed by atoms with Crippen molar-refractivity contribution in [2.45, 2.75) is 18.6 Å². The summed E-state index contributed by atoms with van der Waals surface area (Å²) < 4.78 is 38.8. The summed E-state index contributed by atoms with van der Waals surface area (Å²) in [5.41, 5.74) is -0.736. The van der Waals surface area contributed by atoms with Gasteiger partial charge in [0.2, 0.25) is 0 Å². The average molecular weight is 451 g/mol. The highest BCUT2D eigenvalue weighted by Gasteiger charge is 2.31. The standard InChI is InChI=1S/C17H12BrClF3NO3/c18-13-5-4-12(19)7-10(13)8-14(16(25)26)23-15(24)9-2-1-3-11(6-9)17(20,21)22/h1-7,14H,8H2,(H,23,24)(H,25,26)/t14-/m0/s1. The van der Waals surface area contributed by atoms with Gasteiger partial charge in [-0.2, -0.15) is 13.2 Å². The number of hydrogen-bond donors (Lipinski definition) is 2. The van der Waals surface area contributed by atoms with E-state index in [9.17, 15) is 27.9 Å². The number of hydrogen-bond acceptors (Lipinski definition) is 2. The van der Waals surface area contributed by atoms with Crippen molar-refractivity contribution >= 4 is 39.4 Å². The predicted octanol–water partition coefficient (Wildman–Crippen LogP) is 4.55. The third-order valence-corrected chi connectivity index (χ3v) is 4.50. The number of rotatable bonds is 5. The zero-order valence-electron chi connectivity index (χ0n) is 13.0. The molecule has 0 spiro atoms.